The van der Waals surface area contributed by atoms with Gasteiger partial charge in [0.15, 0.2) is 17.5 Å². The molecule has 0 spiro atoms. The zero-order chi connectivity index (χ0) is 45.0. The van der Waals surface area contributed by atoms with Crippen LogP contribution in [0.2, 0.25) is 0 Å². The van der Waals surface area contributed by atoms with Gasteiger partial charge in [0.2, 0.25) is 0 Å². The lowest BCUT2D eigenvalue weighted by atomic mass is 9.92. The van der Waals surface area contributed by atoms with Crippen LogP contribution in [0, 0.1) is 0 Å². The highest BCUT2D eigenvalue weighted by Gasteiger charge is 2.24. The Morgan fingerprint density at radius 3 is 1.22 bits per heavy atom. The van der Waals surface area contributed by atoms with Crippen molar-refractivity contribution < 1.29 is 0 Å². The number of rotatable bonds is 8. The maximum absolute atomic E-state index is 5.36. The largest absolute Gasteiger partial charge is 0.308 e. The Morgan fingerprint density at radius 2 is 0.691 bits per heavy atom. The van der Waals surface area contributed by atoms with E-state index in [1.807, 2.05) is 23.5 Å². The summed E-state index contributed by atoms with van der Waals surface area (Å²) >= 11 is 1.86. The number of hydrogen-bond donors (Lipinski definition) is 0. The molecule has 0 aliphatic rings. The van der Waals surface area contributed by atoms with E-state index in [4.69, 9.17) is 15.0 Å². The minimum absolute atomic E-state index is 0.596. The molecule has 0 fully saturated rings. The third-order valence-electron chi connectivity index (χ3n) is 13.1. The lowest BCUT2D eigenvalue weighted by Crippen LogP contribution is -2.04. The molecule has 13 rings (SSSR count). The molecule has 0 bridgehead atoms. The van der Waals surface area contributed by atoms with Crippen molar-refractivity contribution in [3.8, 4) is 84.4 Å². The molecule has 13 aromatic rings. The molecule has 0 saturated heterocycles. The molecule has 0 amide bonds. The maximum atomic E-state index is 5.36. The molecule has 0 unspecified atom stereocenters. The first-order valence-electron chi connectivity index (χ1n) is 22.9. The van der Waals surface area contributed by atoms with Crippen LogP contribution >= 0.6 is 11.3 Å². The van der Waals surface area contributed by atoms with Crippen molar-refractivity contribution in [2.24, 2.45) is 0 Å². The summed E-state index contributed by atoms with van der Waals surface area (Å²) in [4.78, 5) is 15.9. The van der Waals surface area contributed by atoms with Crippen molar-refractivity contribution in [2.75, 3.05) is 0 Å². The fraction of sp³-hybridized carbons (Fsp3) is 0. The number of hydrogen-bond acceptors (Lipinski definition) is 4. The Morgan fingerprint density at radius 1 is 0.279 bits per heavy atom. The van der Waals surface area contributed by atoms with Crippen LogP contribution in [0.5, 0.6) is 0 Å². The summed E-state index contributed by atoms with van der Waals surface area (Å²) in [6, 6.07) is 86.4. The maximum Gasteiger partial charge on any atom is 0.164 e. The smallest absolute Gasteiger partial charge is 0.164 e. The van der Waals surface area contributed by atoms with Crippen LogP contribution in [0.4, 0.5) is 0 Å². The molecule has 0 atom stereocenters. The molecule has 5 heteroatoms. The lowest BCUT2D eigenvalue weighted by Gasteiger charge is -2.21. The molecule has 0 N–H and O–H groups in total. The van der Waals surface area contributed by atoms with Gasteiger partial charge in [0, 0.05) is 58.8 Å². The highest BCUT2D eigenvalue weighted by Crippen LogP contribution is 2.47. The average molecular weight is 885 g/mol. The number of benzene rings is 10. The summed E-state index contributed by atoms with van der Waals surface area (Å²) in [6.45, 7) is 0. The number of thiophene rings is 1. The molecule has 0 saturated carbocycles. The molecule has 3 heterocycles. The topological polar surface area (TPSA) is 43.6 Å². The normalized spacial score (nSPS) is 11.5. The summed E-state index contributed by atoms with van der Waals surface area (Å²) in [6.07, 6.45) is 0. The van der Waals surface area contributed by atoms with Crippen molar-refractivity contribution in [3.05, 3.63) is 243 Å². The van der Waals surface area contributed by atoms with Gasteiger partial charge in [-0.3, -0.25) is 0 Å². The molecule has 68 heavy (non-hydrogen) atoms. The van der Waals surface area contributed by atoms with E-state index >= 15 is 0 Å². The van der Waals surface area contributed by atoms with Gasteiger partial charge < -0.3 is 4.57 Å². The Bertz CT molecular complexity index is 3810. The second-order valence-corrected chi connectivity index (χ2v) is 18.2. The highest BCUT2D eigenvalue weighted by molar-refractivity contribution is 7.26. The first-order valence-corrected chi connectivity index (χ1v) is 23.7. The predicted molar refractivity (Wildman–Crippen MR) is 285 cm³/mol. The molecular formula is C63H40N4S. The monoisotopic (exact) mass is 884 g/mol. The molecule has 4 nitrogen and oxygen atoms in total. The molecule has 10 aromatic carbocycles. The van der Waals surface area contributed by atoms with Gasteiger partial charge in [-0.1, -0.05) is 206 Å². The Kier molecular flexibility index (Phi) is 9.66. The van der Waals surface area contributed by atoms with E-state index in [9.17, 15) is 0 Å². The van der Waals surface area contributed by atoms with Gasteiger partial charge in [-0.15, -0.1) is 11.3 Å². The van der Waals surface area contributed by atoms with Gasteiger partial charge >= 0.3 is 0 Å². The van der Waals surface area contributed by atoms with E-state index in [0.717, 1.165) is 77.9 Å². The van der Waals surface area contributed by atoms with Crippen molar-refractivity contribution in [3.63, 3.8) is 0 Å². The minimum Gasteiger partial charge on any atom is -0.308 e. The third-order valence-corrected chi connectivity index (χ3v) is 14.2. The SMILES string of the molecule is c1ccc(-c2ccc(-c3nc(-c4ccc(-c5ccccc5)cc4)nc(-c4cc(-c5ccccc5)c(-n5c6ccccc6c6c7c(ccc65)sc5ccccc57)c(-c5ccccc5)c4)n3)cc2)cc1. The summed E-state index contributed by atoms with van der Waals surface area (Å²) in [5, 5.41) is 5.08. The van der Waals surface area contributed by atoms with Crippen LogP contribution in [0.25, 0.3) is 126 Å². The van der Waals surface area contributed by atoms with Crippen molar-refractivity contribution >= 4 is 53.3 Å². The van der Waals surface area contributed by atoms with Gasteiger partial charge in [0.1, 0.15) is 0 Å². The van der Waals surface area contributed by atoms with Crippen molar-refractivity contribution in [1.29, 1.82) is 0 Å². The number of nitrogens with zero attached hydrogens (tertiary/aromatic N) is 4. The molecular weight excluding hydrogens is 845 g/mol. The summed E-state index contributed by atoms with van der Waals surface area (Å²) in [5.74, 6) is 1.81. The van der Waals surface area contributed by atoms with Crippen molar-refractivity contribution in [2.45, 2.75) is 0 Å². The Balaban J connectivity index is 1.08. The summed E-state index contributed by atoms with van der Waals surface area (Å²) in [7, 11) is 0. The molecule has 0 radical (unpaired) electrons. The third kappa shape index (κ3) is 6.88. The van der Waals surface area contributed by atoms with E-state index in [1.165, 1.54) is 30.9 Å². The second-order valence-electron chi connectivity index (χ2n) is 17.1. The lowest BCUT2D eigenvalue weighted by molar-refractivity contribution is 1.07. The van der Waals surface area contributed by atoms with Gasteiger partial charge in [0.25, 0.3) is 0 Å². The van der Waals surface area contributed by atoms with Crippen LogP contribution in [0.15, 0.2) is 243 Å². The number of para-hydroxylation sites is 1. The zero-order valence-corrected chi connectivity index (χ0v) is 37.6. The average Bonchev–Trinajstić information content (AvgIpc) is 3.97. The van der Waals surface area contributed by atoms with Crippen LogP contribution in [0.1, 0.15) is 0 Å². The summed E-state index contributed by atoms with van der Waals surface area (Å²) in [5.41, 5.74) is 15.0. The van der Waals surface area contributed by atoms with E-state index in [2.05, 4.69) is 235 Å². The molecule has 318 valence electrons. The van der Waals surface area contributed by atoms with E-state index < -0.39 is 0 Å². The van der Waals surface area contributed by atoms with Crippen LogP contribution in [-0.4, -0.2) is 19.5 Å². The van der Waals surface area contributed by atoms with Gasteiger partial charge in [0.05, 0.1) is 16.7 Å². The fourth-order valence-electron chi connectivity index (χ4n) is 9.84. The van der Waals surface area contributed by atoms with E-state index in [1.54, 1.807) is 0 Å². The van der Waals surface area contributed by atoms with Gasteiger partial charge in [-0.05, 0) is 69.8 Å². The van der Waals surface area contributed by atoms with E-state index in [-0.39, 0.29) is 0 Å². The van der Waals surface area contributed by atoms with Gasteiger partial charge in [-0.2, -0.15) is 0 Å². The van der Waals surface area contributed by atoms with Crippen LogP contribution in [-0.2, 0) is 0 Å². The van der Waals surface area contributed by atoms with Crippen molar-refractivity contribution in [1.82, 2.24) is 19.5 Å². The Hall–Kier alpha value is -8.77. The number of fused-ring (bicyclic) bond motifs is 7. The molecule has 0 aliphatic heterocycles. The highest BCUT2D eigenvalue weighted by atomic mass is 32.1. The quantitative estimate of drug-likeness (QED) is 0.153. The number of aromatic nitrogens is 4. The van der Waals surface area contributed by atoms with E-state index in [0.29, 0.717) is 17.5 Å². The fourth-order valence-corrected chi connectivity index (χ4v) is 11.0. The first kappa shape index (κ1) is 39.6. The standard InChI is InChI=1S/C63H40N4S/c1-5-17-41(18-6-1)43-29-33-47(34-30-43)61-64-62(48-35-31-44(32-36-48)42-19-7-2-8-20-42)66-63(65-61)49-39-52(45-21-9-3-10-22-45)60(53(40-49)46-23-11-4-12-24-46)67-54-27-15-13-25-50(54)58-55(67)37-38-57-59(58)51-26-14-16-28-56(51)68-57/h1-40H. The Labute approximate surface area is 397 Å². The second kappa shape index (κ2) is 16.6. The molecule has 0 aliphatic carbocycles. The molecule has 3 aromatic heterocycles. The van der Waals surface area contributed by atoms with Crippen LogP contribution < -0.4 is 0 Å². The minimum atomic E-state index is 0.596. The first-order chi connectivity index (χ1) is 33.7. The van der Waals surface area contributed by atoms with Crippen LogP contribution in [0.3, 0.4) is 0 Å². The predicted octanol–water partition coefficient (Wildman–Crippen LogP) is 17.0. The zero-order valence-electron chi connectivity index (χ0n) is 36.8. The summed E-state index contributed by atoms with van der Waals surface area (Å²) < 4.78 is 5.08. The van der Waals surface area contributed by atoms with Gasteiger partial charge in [-0.25, -0.2) is 15.0 Å².